The zero-order valence-electron chi connectivity index (χ0n) is 36.9. The number of carbonyl (C=O) groups excluding carboxylic acids is 3. The molecule has 1 aliphatic carbocycles. The summed E-state index contributed by atoms with van der Waals surface area (Å²) in [5.41, 5.74) is 6.59. The standard InChI is InChI=1S/C26H35ClN2O5.C19H19NO4.2CH4O/c1-17(13-18-9-10-21(27)22(14-18)32-4)7-5-6-8-19-15-20(33-25(31)29-19)16-23-26(2,34-23)12-11-24(30)28-3;1-12(18(21)22)20(2)19(23)24-11-17-15-9-5-3-7-13(15)14-8-4-6-10-16(14)17;2*1-2/h5-7,9-10,14,19-20,23H,8,11-13,15-16H2,1-4H3,(H,28,30)(H,29,31);3-10,12,17H,11H2,1-2H3,(H,21,22);2*2H,1H3/b6-5+,17-7+;;;/t;12-;;/m.1../s1. The van der Waals surface area contributed by atoms with Crippen molar-refractivity contribution in [2.24, 2.45) is 0 Å². The number of carbonyl (C=O) groups is 4. The topological polar surface area (TPSA) is 196 Å². The second kappa shape index (κ2) is 24.9. The van der Waals surface area contributed by atoms with E-state index < -0.39 is 18.1 Å². The molecule has 5 atom stereocenters. The first kappa shape index (κ1) is 50.9. The largest absolute Gasteiger partial charge is 0.495 e. The average Bonchev–Trinajstić information content (AvgIpc) is 3.81. The van der Waals surface area contributed by atoms with Crippen LogP contribution in [-0.4, -0.2) is 116 Å². The van der Waals surface area contributed by atoms with E-state index in [1.54, 1.807) is 14.2 Å². The monoisotopic (exact) mass is 879 g/mol. The summed E-state index contributed by atoms with van der Waals surface area (Å²) in [4.78, 5) is 47.7. The summed E-state index contributed by atoms with van der Waals surface area (Å²) in [6.45, 7) is 5.72. The predicted octanol–water partition coefficient (Wildman–Crippen LogP) is 7.28. The van der Waals surface area contributed by atoms with E-state index in [9.17, 15) is 19.2 Å². The fourth-order valence-corrected chi connectivity index (χ4v) is 7.49. The van der Waals surface area contributed by atoms with Crippen molar-refractivity contribution in [2.75, 3.05) is 42.0 Å². The molecule has 5 N–H and O–H groups in total. The molecule has 2 saturated heterocycles. The maximum atomic E-state index is 12.1. The van der Waals surface area contributed by atoms with Crippen LogP contribution in [0.1, 0.15) is 75.5 Å². The van der Waals surface area contributed by atoms with Gasteiger partial charge in [0.2, 0.25) is 5.91 Å². The lowest BCUT2D eigenvalue weighted by Crippen LogP contribution is -2.45. The van der Waals surface area contributed by atoms with Gasteiger partial charge in [0.05, 0.1) is 23.8 Å². The molecule has 62 heavy (non-hydrogen) atoms. The summed E-state index contributed by atoms with van der Waals surface area (Å²) >= 11 is 6.09. The van der Waals surface area contributed by atoms with E-state index >= 15 is 0 Å². The summed E-state index contributed by atoms with van der Waals surface area (Å²) in [5, 5.41) is 29.1. The van der Waals surface area contributed by atoms with E-state index in [2.05, 4.69) is 41.8 Å². The Morgan fingerprint density at radius 1 is 1.05 bits per heavy atom. The number of carboxylic acid groups (broad SMARTS) is 1. The van der Waals surface area contributed by atoms with Gasteiger partial charge in [-0.1, -0.05) is 90.0 Å². The summed E-state index contributed by atoms with van der Waals surface area (Å²) < 4.78 is 22.0. The van der Waals surface area contributed by atoms with Crippen LogP contribution in [0.2, 0.25) is 5.02 Å². The number of benzene rings is 3. The fraction of sp³-hybridized carbons (Fsp3) is 0.447. The lowest BCUT2D eigenvalue weighted by molar-refractivity contribution is -0.141. The van der Waals surface area contributed by atoms with E-state index in [1.165, 1.54) is 19.5 Å². The lowest BCUT2D eigenvalue weighted by Gasteiger charge is -2.29. The van der Waals surface area contributed by atoms with Crippen molar-refractivity contribution in [1.29, 1.82) is 0 Å². The third kappa shape index (κ3) is 14.3. The van der Waals surface area contributed by atoms with E-state index in [4.69, 9.17) is 45.9 Å². The molecule has 14 nitrogen and oxygen atoms in total. The Morgan fingerprint density at radius 2 is 1.68 bits per heavy atom. The number of amides is 3. The zero-order valence-corrected chi connectivity index (χ0v) is 37.6. The minimum absolute atomic E-state index is 0.00722. The van der Waals surface area contributed by atoms with Crippen molar-refractivity contribution >= 4 is 35.7 Å². The molecule has 0 spiro atoms. The van der Waals surface area contributed by atoms with Crippen molar-refractivity contribution in [1.82, 2.24) is 15.5 Å². The second-order valence-corrected chi connectivity index (χ2v) is 15.6. The van der Waals surface area contributed by atoms with Crippen molar-refractivity contribution in [2.45, 2.75) is 95.1 Å². The Bertz CT molecular complexity index is 1980. The highest BCUT2D eigenvalue weighted by molar-refractivity contribution is 6.32. The van der Waals surface area contributed by atoms with Gasteiger partial charge in [-0.2, -0.15) is 0 Å². The Hall–Kier alpha value is -5.41. The number of aliphatic carboxylic acids is 1. The SMILES string of the molecule is CNC(=O)CCC1(C)OC1CC1CC(C/C=C/C=C(\C)Cc2ccc(Cl)c(OC)c2)NC(=O)O1.CO.CO.C[C@H](C(=O)O)N(C)C(=O)OCC1c2ccccc2-c2ccccc21. The number of likely N-dealkylation sites (N-methyl/N-ethyl adjacent to an activating group) is 1. The molecule has 6 rings (SSSR count). The Labute approximate surface area is 369 Å². The van der Waals surface area contributed by atoms with Gasteiger partial charge < -0.3 is 44.9 Å². The van der Waals surface area contributed by atoms with Crippen LogP contribution in [0.5, 0.6) is 5.75 Å². The Morgan fingerprint density at radius 3 is 2.27 bits per heavy atom. The lowest BCUT2D eigenvalue weighted by atomic mass is 9.94. The van der Waals surface area contributed by atoms with E-state index in [1.807, 2.05) is 67.6 Å². The molecule has 4 unspecified atom stereocenters. The number of fused-ring (bicyclic) bond motifs is 3. The number of rotatable bonds is 15. The Kier molecular flexibility index (Phi) is 20.4. The third-order valence-electron chi connectivity index (χ3n) is 11.0. The van der Waals surface area contributed by atoms with Gasteiger partial charge in [0.15, 0.2) is 0 Å². The third-order valence-corrected chi connectivity index (χ3v) is 11.3. The fourth-order valence-electron chi connectivity index (χ4n) is 7.30. The number of aliphatic hydroxyl groups is 2. The van der Waals surface area contributed by atoms with Gasteiger partial charge in [0, 0.05) is 59.5 Å². The van der Waals surface area contributed by atoms with Crippen LogP contribution < -0.4 is 15.4 Å². The number of ether oxygens (including phenoxy) is 4. The number of hydrogen-bond acceptors (Lipinski definition) is 10. The number of hydrogen-bond donors (Lipinski definition) is 5. The van der Waals surface area contributed by atoms with Gasteiger partial charge in [0.1, 0.15) is 24.5 Å². The van der Waals surface area contributed by atoms with Gasteiger partial charge in [0.25, 0.3) is 0 Å². The summed E-state index contributed by atoms with van der Waals surface area (Å²) in [5.74, 6) is -0.413. The minimum Gasteiger partial charge on any atom is -0.495 e. The van der Waals surface area contributed by atoms with E-state index in [-0.39, 0.29) is 48.4 Å². The molecule has 2 heterocycles. The summed E-state index contributed by atoms with van der Waals surface area (Å²) in [6.07, 6.45) is 9.00. The predicted molar refractivity (Wildman–Crippen MR) is 238 cm³/mol. The highest BCUT2D eigenvalue weighted by Crippen LogP contribution is 2.45. The van der Waals surface area contributed by atoms with Crippen molar-refractivity contribution in [3.05, 3.63) is 112 Å². The van der Waals surface area contributed by atoms with Gasteiger partial charge in [-0.05, 0) is 80.0 Å². The van der Waals surface area contributed by atoms with Crippen LogP contribution in [0, 0.1) is 0 Å². The molecular weight excluding hydrogens is 818 g/mol. The number of cyclic esters (lactones) is 1. The molecule has 3 aromatic carbocycles. The number of carboxylic acids is 1. The van der Waals surface area contributed by atoms with Gasteiger partial charge in [-0.3, -0.25) is 9.69 Å². The quantitative estimate of drug-likeness (QED) is 0.0760. The molecule has 15 heteroatoms. The summed E-state index contributed by atoms with van der Waals surface area (Å²) in [7, 11) is 6.67. The van der Waals surface area contributed by atoms with E-state index in [0.717, 1.165) is 66.2 Å². The van der Waals surface area contributed by atoms with Crippen LogP contribution in [-0.2, 0) is 30.2 Å². The van der Waals surface area contributed by atoms with Gasteiger partial charge in [-0.25, -0.2) is 14.4 Å². The van der Waals surface area contributed by atoms with Crippen LogP contribution >= 0.6 is 11.6 Å². The highest BCUT2D eigenvalue weighted by Gasteiger charge is 2.53. The van der Waals surface area contributed by atoms with Crippen LogP contribution in [0.25, 0.3) is 11.1 Å². The van der Waals surface area contributed by atoms with Gasteiger partial charge in [-0.15, -0.1) is 0 Å². The molecule has 338 valence electrons. The van der Waals surface area contributed by atoms with Gasteiger partial charge >= 0.3 is 18.2 Å². The maximum absolute atomic E-state index is 12.1. The van der Waals surface area contributed by atoms with Crippen LogP contribution in [0.4, 0.5) is 9.59 Å². The molecule has 0 radical (unpaired) electrons. The number of epoxide rings is 1. The van der Waals surface area contributed by atoms with Crippen LogP contribution in [0.3, 0.4) is 0 Å². The number of nitrogens with one attached hydrogen (secondary N) is 2. The highest BCUT2D eigenvalue weighted by atomic mass is 35.5. The first-order valence-corrected chi connectivity index (χ1v) is 20.8. The molecule has 2 aliphatic heterocycles. The number of halogens is 1. The molecule has 3 aliphatic rings. The average molecular weight is 880 g/mol. The number of methoxy groups -OCH3 is 1. The molecule has 0 bridgehead atoms. The molecular formula is C47H62ClN3O11. The molecule has 3 amide bonds. The number of aliphatic hydroxyl groups excluding tert-OH is 2. The van der Waals surface area contributed by atoms with E-state index in [0.29, 0.717) is 30.0 Å². The molecule has 0 aromatic heterocycles. The van der Waals surface area contributed by atoms with Crippen molar-refractivity contribution < 1.29 is 53.4 Å². The maximum Gasteiger partial charge on any atom is 0.410 e. The first-order valence-electron chi connectivity index (χ1n) is 20.4. The molecule has 3 aromatic rings. The Balaban J connectivity index is 0.000000321. The van der Waals surface area contributed by atoms with Crippen molar-refractivity contribution in [3.8, 4) is 16.9 Å². The zero-order chi connectivity index (χ0) is 46.0. The normalized spacial score (nSPS) is 20.1. The number of alkyl carbamates (subject to hydrolysis) is 1. The molecule has 2 fully saturated rings. The smallest absolute Gasteiger partial charge is 0.410 e. The first-order chi connectivity index (χ1) is 29.7. The van der Waals surface area contributed by atoms with Crippen molar-refractivity contribution in [3.63, 3.8) is 0 Å². The number of allylic oxidation sites excluding steroid dienone is 3. The second-order valence-electron chi connectivity index (χ2n) is 15.2. The van der Waals surface area contributed by atoms with Crippen LogP contribution in [0.15, 0.2) is 90.5 Å². The number of nitrogens with zero attached hydrogens (tertiary/aromatic N) is 1. The summed E-state index contributed by atoms with van der Waals surface area (Å²) in [6, 6.07) is 21.0. The molecule has 0 saturated carbocycles. The minimum atomic E-state index is -1.06.